The Kier molecular flexibility index (Phi) is 8.09. The lowest BCUT2D eigenvalue weighted by Crippen LogP contribution is -1.99. The fourth-order valence-corrected chi connectivity index (χ4v) is 1.80. The number of halogens is 2. The lowest BCUT2D eigenvalue weighted by molar-refractivity contribution is 0.302. The van der Waals surface area contributed by atoms with E-state index in [2.05, 4.69) is 18.8 Å². The third kappa shape index (κ3) is 6.50. The van der Waals surface area contributed by atoms with Gasteiger partial charge in [-0.15, -0.1) is 11.6 Å². The molecule has 0 aliphatic heterocycles. The summed E-state index contributed by atoms with van der Waals surface area (Å²) >= 11 is 5.52. The highest BCUT2D eigenvalue weighted by Gasteiger charge is 2.03. The fraction of sp³-hybridized carbons (Fsp3) is 0.500. The minimum absolute atomic E-state index is 0.258. The van der Waals surface area contributed by atoms with Crippen molar-refractivity contribution in [3.63, 3.8) is 0 Å². The summed E-state index contributed by atoms with van der Waals surface area (Å²) in [5.74, 6) is 6.09. The maximum atomic E-state index is 13.2. The van der Waals surface area contributed by atoms with E-state index in [1.165, 1.54) is 31.4 Å². The first-order chi connectivity index (χ1) is 9.27. The van der Waals surface area contributed by atoms with Crippen LogP contribution in [-0.2, 0) is 0 Å². The Bertz CT molecular complexity index is 434. The monoisotopic (exact) mass is 282 g/mol. The van der Waals surface area contributed by atoms with Gasteiger partial charge in [0.05, 0.1) is 18.1 Å². The second kappa shape index (κ2) is 9.69. The Morgan fingerprint density at radius 2 is 2.00 bits per heavy atom. The summed E-state index contributed by atoms with van der Waals surface area (Å²) in [7, 11) is 0. The van der Waals surface area contributed by atoms with E-state index in [4.69, 9.17) is 16.3 Å². The number of rotatable bonds is 7. The van der Waals surface area contributed by atoms with E-state index in [-0.39, 0.29) is 11.7 Å². The number of alkyl halides is 1. The van der Waals surface area contributed by atoms with Gasteiger partial charge in [0.1, 0.15) is 11.6 Å². The van der Waals surface area contributed by atoms with E-state index in [0.29, 0.717) is 17.9 Å². The van der Waals surface area contributed by atoms with Gasteiger partial charge in [-0.2, -0.15) is 0 Å². The van der Waals surface area contributed by atoms with Gasteiger partial charge in [-0.3, -0.25) is 0 Å². The summed E-state index contributed by atoms with van der Waals surface area (Å²) in [6.07, 6.45) is 5.84. The minimum Gasteiger partial charge on any atom is -0.492 e. The van der Waals surface area contributed by atoms with E-state index in [1.807, 2.05) is 0 Å². The standard InChI is InChI=1S/C16H20ClFO/c1-2-3-4-5-6-12-19-16-13-15(18)10-9-14(16)8-7-11-17/h9-10,13H,2-6,11-12H2,1H3. The van der Waals surface area contributed by atoms with Gasteiger partial charge < -0.3 is 4.74 Å². The summed E-state index contributed by atoms with van der Waals surface area (Å²) in [4.78, 5) is 0. The van der Waals surface area contributed by atoms with Crippen LogP contribution in [0.3, 0.4) is 0 Å². The predicted octanol–water partition coefficient (Wildman–Crippen LogP) is 4.77. The Hall–Kier alpha value is -1.20. The van der Waals surface area contributed by atoms with Gasteiger partial charge in [0.25, 0.3) is 0 Å². The molecule has 0 radical (unpaired) electrons. The van der Waals surface area contributed by atoms with E-state index < -0.39 is 0 Å². The zero-order valence-electron chi connectivity index (χ0n) is 11.3. The van der Waals surface area contributed by atoms with E-state index >= 15 is 0 Å². The summed E-state index contributed by atoms with van der Waals surface area (Å²) in [5, 5.41) is 0. The molecule has 1 nitrogen and oxygen atoms in total. The van der Waals surface area contributed by atoms with Crippen molar-refractivity contribution in [1.29, 1.82) is 0 Å². The van der Waals surface area contributed by atoms with Gasteiger partial charge in [-0.25, -0.2) is 4.39 Å². The first-order valence-electron chi connectivity index (χ1n) is 6.75. The molecule has 1 rings (SSSR count). The van der Waals surface area contributed by atoms with Crippen molar-refractivity contribution in [2.24, 2.45) is 0 Å². The maximum absolute atomic E-state index is 13.2. The van der Waals surface area contributed by atoms with Gasteiger partial charge >= 0.3 is 0 Å². The SMILES string of the molecule is CCCCCCCOc1cc(F)ccc1C#CCCl. The molecule has 0 aromatic heterocycles. The van der Waals surface area contributed by atoms with Crippen LogP contribution in [0, 0.1) is 17.7 Å². The number of hydrogen-bond acceptors (Lipinski definition) is 1. The third-order valence-corrected chi connectivity index (χ3v) is 2.87. The lowest BCUT2D eigenvalue weighted by atomic mass is 10.1. The highest BCUT2D eigenvalue weighted by atomic mass is 35.5. The van der Waals surface area contributed by atoms with Crippen molar-refractivity contribution in [3.8, 4) is 17.6 Å². The molecule has 1 aromatic carbocycles. The quantitative estimate of drug-likeness (QED) is 0.398. The second-order valence-corrected chi connectivity index (χ2v) is 4.61. The van der Waals surface area contributed by atoms with E-state index in [1.54, 1.807) is 6.07 Å². The molecule has 3 heteroatoms. The molecule has 0 saturated carbocycles. The molecule has 0 heterocycles. The van der Waals surface area contributed by atoms with Gasteiger partial charge in [0.15, 0.2) is 0 Å². The zero-order valence-corrected chi connectivity index (χ0v) is 12.1. The van der Waals surface area contributed by atoms with Crippen LogP contribution in [0.2, 0.25) is 0 Å². The molecule has 0 spiro atoms. The molecule has 19 heavy (non-hydrogen) atoms. The molecule has 0 saturated heterocycles. The second-order valence-electron chi connectivity index (χ2n) is 4.34. The smallest absolute Gasteiger partial charge is 0.137 e. The molecule has 0 bridgehead atoms. The highest BCUT2D eigenvalue weighted by molar-refractivity contribution is 6.19. The largest absolute Gasteiger partial charge is 0.492 e. The number of ether oxygens (including phenoxy) is 1. The Morgan fingerprint density at radius 1 is 1.21 bits per heavy atom. The third-order valence-electron chi connectivity index (χ3n) is 2.74. The van der Waals surface area contributed by atoms with Crippen LogP contribution in [0.1, 0.15) is 44.6 Å². The first-order valence-corrected chi connectivity index (χ1v) is 7.28. The molecule has 0 fully saturated rings. The molecule has 0 atom stereocenters. The van der Waals surface area contributed by atoms with E-state index in [0.717, 1.165) is 12.8 Å². The Labute approximate surface area is 120 Å². The molecule has 0 N–H and O–H groups in total. The summed E-state index contributed by atoms with van der Waals surface area (Å²) in [6.45, 7) is 2.79. The molecule has 0 unspecified atom stereocenters. The van der Waals surface area contributed by atoms with Crippen LogP contribution < -0.4 is 4.74 Å². The van der Waals surface area contributed by atoms with Crippen LogP contribution in [0.4, 0.5) is 4.39 Å². The molecule has 1 aromatic rings. The zero-order chi connectivity index (χ0) is 13.9. The van der Waals surface area contributed by atoms with Gasteiger partial charge in [0.2, 0.25) is 0 Å². The van der Waals surface area contributed by atoms with Crippen LogP contribution in [0.25, 0.3) is 0 Å². The van der Waals surface area contributed by atoms with Crippen LogP contribution in [0.5, 0.6) is 5.75 Å². The number of hydrogen-bond donors (Lipinski definition) is 0. The molecular weight excluding hydrogens is 263 g/mol. The minimum atomic E-state index is -0.308. The molecule has 0 aliphatic carbocycles. The molecule has 0 aliphatic rings. The van der Waals surface area contributed by atoms with Crippen LogP contribution in [0.15, 0.2) is 18.2 Å². The number of benzene rings is 1. The number of unbranched alkanes of at least 4 members (excludes halogenated alkanes) is 4. The van der Waals surface area contributed by atoms with Gasteiger partial charge in [0, 0.05) is 6.07 Å². The Balaban J connectivity index is 2.49. The average molecular weight is 283 g/mol. The van der Waals surface area contributed by atoms with Crippen molar-refractivity contribution < 1.29 is 9.13 Å². The average Bonchev–Trinajstić information content (AvgIpc) is 2.42. The first kappa shape index (κ1) is 15.9. The maximum Gasteiger partial charge on any atom is 0.137 e. The summed E-state index contributed by atoms with van der Waals surface area (Å²) < 4.78 is 18.8. The van der Waals surface area contributed by atoms with E-state index in [9.17, 15) is 4.39 Å². The highest BCUT2D eigenvalue weighted by Crippen LogP contribution is 2.19. The Morgan fingerprint density at radius 3 is 2.74 bits per heavy atom. The van der Waals surface area contributed by atoms with Crippen molar-refractivity contribution in [2.45, 2.75) is 39.0 Å². The van der Waals surface area contributed by atoms with Crippen molar-refractivity contribution >= 4 is 11.6 Å². The van der Waals surface area contributed by atoms with Gasteiger partial charge in [-0.05, 0) is 18.6 Å². The fourth-order valence-electron chi connectivity index (χ4n) is 1.74. The lowest BCUT2D eigenvalue weighted by Gasteiger charge is -2.08. The molecule has 104 valence electrons. The van der Waals surface area contributed by atoms with Crippen LogP contribution in [-0.4, -0.2) is 12.5 Å². The van der Waals surface area contributed by atoms with Crippen molar-refractivity contribution in [1.82, 2.24) is 0 Å². The van der Waals surface area contributed by atoms with Gasteiger partial charge in [-0.1, -0.05) is 44.4 Å². The summed E-state index contributed by atoms with van der Waals surface area (Å²) in [6, 6.07) is 4.39. The van der Waals surface area contributed by atoms with Crippen LogP contribution >= 0.6 is 11.6 Å². The molecule has 0 amide bonds. The van der Waals surface area contributed by atoms with Crippen molar-refractivity contribution in [2.75, 3.05) is 12.5 Å². The predicted molar refractivity (Wildman–Crippen MR) is 78.3 cm³/mol. The molecular formula is C16H20ClFO. The normalized spacial score (nSPS) is 9.84. The summed E-state index contributed by atoms with van der Waals surface area (Å²) in [5.41, 5.74) is 0.690. The topological polar surface area (TPSA) is 9.23 Å². The van der Waals surface area contributed by atoms with Crippen molar-refractivity contribution in [3.05, 3.63) is 29.6 Å².